The van der Waals surface area contributed by atoms with Crippen molar-refractivity contribution >= 4 is 116 Å². The van der Waals surface area contributed by atoms with E-state index in [2.05, 4.69) is 31.9 Å². The molecule has 0 fully saturated rings. The van der Waals surface area contributed by atoms with E-state index < -0.39 is 18.8 Å². The van der Waals surface area contributed by atoms with Crippen molar-refractivity contribution in [2.75, 3.05) is 5.75 Å². The van der Waals surface area contributed by atoms with Gasteiger partial charge in [-0.25, -0.2) is 0 Å². The Morgan fingerprint density at radius 3 is 2.21 bits per heavy atom. The van der Waals surface area contributed by atoms with Gasteiger partial charge in [0.2, 0.25) is 0 Å². The molecule has 0 amide bonds. The van der Waals surface area contributed by atoms with Gasteiger partial charge in [-0.2, -0.15) is 20.5 Å². The van der Waals surface area contributed by atoms with Crippen molar-refractivity contribution in [2.24, 2.45) is 0 Å². The van der Waals surface area contributed by atoms with Crippen molar-refractivity contribution in [3.63, 3.8) is 0 Å². The molecular formula is C17H17Br2F2Na2O3PS. The van der Waals surface area contributed by atoms with Crippen LogP contribution in [0.15, 0.2) is 57.5 Å². The van der Waals surface area contributed by atoms with E-state index in [0.29, 0.717) is 5.75 Å². The van der Waals surface area contributed by atoms with Gasteiger partial charge in [-0.15, -0.1) is 0 Å². The van der Waals surface area contributed by atoms with Crippen molar-refractivity contribution in [3.8, 4) is 0 Å². The van der Waals surface area contributed by atoms with Gasteiger partial charge in [0.1, 0.15) is 0 Å². The molecule has 0 aliphatic carbocycles. The van der Waals surface area contributed by atoms with E-state index in [1.165, 1.54) is 12.1 Å². The van der Waals surface area contributed by atoms with Crippen LogP contribution in [-0.4, -0.2) is 74.7 Å². The Morgan fingerprint density at radius 2 is 1.68 bits per heavy atom. The van der Waals surface area contributed by atoms with Crippen LogP contribution in [0.25, 0.3) is 6.08 Å². The monoisotopic (exact) mass is 574 g/mol. The van der Waals surface area contributed by atoms with Crippen LogP contribution in [0, 0.1) is 0 Å². The summed E-state index contributed by atoms with van der Waals surface area (Å²) in [5.74, 6) is 1.33. The summed E-state index contributed by atoms with van der Waals surface area (Å²) in [6, 6.07) is 11.9. The van der Waals surface area contributed by atoms with Gasteiger partial charge in [-0.1, -0.05) is 68.3 Å². The third-order valence-electron chi connectivity index (χ3n) is 3.39. The fourth-order valence-electron chi connectivity index (χ4n) is 2.05. The van der Waals surface area contributed by atoms with E-state index in [4.69, 9.17) is 9.79 Å². The van der Waals surface area contributed by atoms with E-state index >= 15 is 0 Å². The number of halogens is 4. The predicted octanol–water partition coefficient (Wildman–Crippen LogP) is 5.09. The van der Waals surface area contributed by atoms with E-state index in [0.717, 1.165) is 27.4 Å². The minimum atomic E-state index is -5.58. The molecule has 11 heteroatoms. The number of hydrogen-bond donors (Lipinski definition) is 2. The van der Waals surface area contributed by atoms with Crippen molar-refractivity contribution in [1.29, 1.82) is 0 Å². The topological polar surface area (TPSA) is 57.5 Å². The molecule has 0 aliphatic heterocycles. The van der Waals surface area contributed by atoms with Crippen molar-refractivity contribution in [3.05, 3.63) is 74.2 Å². The van der Waals surface area contributed by atoms with E-state index in [9.17, 15) is 13.3 Å². The van der Waals surface area contributed by atoms with E-state index in [1.807, 2.05) is 36.4 Å². The summed E-state index contributed by atoms with van der Waals surface area (Å²) in [4.78, 5) is 17.7. The quantitative estimate of drug-likeness (QED) is 0.274. The Hall–Kier alpha value is 1.50. The molecule has 0 saturated heterocycles. The molecule has 28 heavy (non-hydrogen) atoms. The summed E-state index contributed by atoms with van der Waals surface area (Å²) in [6.45, 7) is 0. The van der Waals surface area contributed by atoms with Crippen LogP contribution in [0.3, 0.4) is 0 Å². The average molecular weight is 576 g/mol. The first-order valence-electron chi connectivity index (χ1n) is 7.33. The average Bonchev–Trinajstić information content (AvgIpc) is 2.55. The van der Waals surface area contributed by atoms with Gasteiger partial charge < -0.3 is 9.79 Å². The fourth-order valence-corrected chi connectivity index (χ4v) is 4.42. The van der Waals surface area contributed by atoms with Crippen LogP contribution in [0.2, 0.25) is 0 Å². The van der Waals surface area contributed by atoms with Crippen LogP contribution in [0.5, 0.6) is 0 Å². The first-order valence-corrected chi connectivity index (χ1v) is 11.7. The molecule has 0 unspecified atom stereocenters. The summed E-state index contributed by atoms with van der Waals surface area (Å²) < 4.78 is 39.5. The van der Waals surface area contributed by atoms with Gasteiger partial charge in [0.25, 0.3) is 0 Å². The molecule has 2 rings (SSSR count). The van der Waals surface area contributed by atoms with Gasteiger partial charge in [0.15, 0.2) is 0 Å². The maximum atomic E-state index is 13.8. The summed E-state index contributed by atoms with van der Waals surface area (Å²) >= 11 is 7.96. The van der Waals surface area contributed by atoms with Gasteiger partial charge in [-0.05, 0) is 29.3 Å². The molecule has 0 radical (unpaired) electrons. The molecule has 0 heterocycles. The Balaban J connectivity index is 0.00000364. The van der Waals surface area contributed by atoms with Crippen LogP contribution >= 0.6 is 51.2 Å². The number of thioether (sulfide) groups is 1. The minimum absolute atomic E-state index is 0. The molecular weight excluding hydrogens is 559 g/mol. The zero-order valence-corrected chi connectivity index (χ0v) is 18.2. The van der Waals surface area contributed by atoms with Gasteiger partial charge in [-0.3, -0.25) is 4.57 Å². The molecule has 144 valence electrons. The first kappa shape index (κ1) is 29.5. The SMILES string of the molecule is O=P(O)(O)C(F)(F)c1ccc(CSC/C=C/c2ccc(Br)cc2)cc1Br.[NaH].[NaH]. The van der Waals surface area contributed by atoms with Gasteiger partial charge in [0, 0.05) is 26.0 Å². The fraction of sp³-hybridized carbons (Fsp3) is 0.176. The third-order valence-corrected chi connectivity index (χ3v) is 6.51. The molecule has 2 aromatic carbocycles. The Kier molecular flexibility index (Phi) is 13.8. The number of benzene rings is 2. The zero-order valence-electron chi connectivity index (χ0n) is 13.3. The molecule has 2 aromatic rings. The molecule has 0 aromatic heterocycles. The molecule has 0 aliphatic rings. The maximum absolute atomic E-state index is 13.8. The molecule has 0 atom stereocenters. The van der Waals surface area contributed by atoms with Gasteiger partial charge >= 0.3 is 72.4 Å². The second-order valence-corrected chi connectivity index (χ2v) is 9.82. The second kappa shape index (κ2) is 13.1. The molecule has 0 saturated carbocycles. The first-order chi connectivity index (χ1) is 12.1. The summed E-state index contributed by atoms with van der Waals surface area (Å²) in [6.07, 6.45) is 4.01. The summed E-state index contributed by atoms with van der Waals surface area (Å²) in [5, 5.41) is 0. The van der Waals surface area contributed by atoms with E-state index in [-0.39, 0.29) is 63.6 Å². The van der Waals surface area contributed by atoms with E-state index in [1.54, 1.807) is 11.8 Å². The van der Waals surface area contributed by atoms with Crippen molar-refractivity contribution < 1.29 is 23.1 Å². The summed E-state index contributed by atoms with van der Waals surface area (Å²) in [5.41, 5.74) is -3.07. The predicted molar refractivity (Wildman–Crippen MR) is 124 cm³/mol. The third kappa shape index (κ3) is 8.56. The standard InChI is InChI=1S/C17H15Br2F2O3PS.2Na.2H/c18-14-6-3-12(4-7-14)2-1-9-26-11-13-5-8-15(16(19)10-13)17(20,21)25(22,23)24;;;;/h1-8,10H,9,11H2,(H2,22,23,24);;;;/b2-1+;;;;. The number of hydrogen-bond acceptors (Lipinski definition) is 2. The van der Waals surface area contributed by atoms with Crippen molar-refractivity contribution in [2.45, 2.75) is 11.4 Å². The molecule has 2 N–H and O–H groups in total. The Morgan fingerprint density at radius 1 is 1.07 bits per heavy atom. The number of rotatable bonds is 7. The number of alkyl halides is 2. The Bertz CT molecular complexity index is 849. The van der Waals surface area contributed by atoms with Crippen LogP contribution in [0.1, 0.15) is 16.7 Å². The molecule has 0 bridgehead atoms. The van der Waals surface area contributed by atoms with Crippen LogP contribution in [0.4, 0.5) is 8.78 Å². The molecule has 0 spiro atoms. The second-order valence-electron chi connectivity index (χ2n) is 5.37. The Labute approximate surface area is 228 Å². The van der Waals surface area contributed by atoms with Crippen LogP contribution in [-0.2, 0) is 16.0 Å². The van der Waals surface area contributed by atoms with Crippen molar-refractivity contribution in [1.82, 2.24) is 0 Å². The normalized spacial score (nSPS) is 11.8. The summed E-state index contributed by atoms with van der Waals surface area (Å²) in [7, 11) is -5.58. The van der Waals surface area contributed by atoms with Crippen LogP contribution < -0.4 is 0 Å². The molecule has 3 nitrogen and oxygen atoms in total. The zero-order chi connectivity index (χ0) is 19.4. The van der Waals surface area contributed by atoms with Gasteiger partial charge in [0.05, 0.1) is 0 Å².